The van der Waals surface area contributed by atoms with Crippen LogP contribution in [0, 0.1) is 12.7 Å². The van der Waals surface area contributed by atoms with Crippen LogP contribution in [-0.4, -0.2) is 0 Å². The van der Waals surface area contributed by atoms with E-state index in [-0.39, 0.29) is 0 Å². The average molecular weight is 279 g/mol. The predicted octanol–water partition coefficient (Wildman–Crippen LogP) is 4.43. The second-order valence-electron chi connectivity index (χ2n) is 4.68. The molecule has 19 heavy (non-hydrogen) atoms. The van der Waals surface area contributed by atoms with Crippen molar-refractivity contribution in [2.24, 2.45) is 0 Å². The number of para-hydroxylation sites is 1. The SMILES string of the molecule is Cc1cccc2c1OC(C)(c1ccc(Cl)cc1F)O2. The maximum absolute atomic E-state index is 14.0. The minimum Gasteiger partial charge on any atom is -0.444 e. The van der Waals surface area contributed by atoms with Crippen LogP contribution >= 0.6 is 11.6 Å². The summed E-state index contributed by atoms with van der Waals surface area (Å²) in [6, 6.07) is 10.1. The third kappa shape index (κ3) is 1.94. The molecule has 4 heteroatoms. The summed E-state index contributed by atoms with van der Waals surface area (Å²) >= 11 is 5.76. The molecule has 0 saturated heterocycles. The lowest BCUT2D eigenvalue weighted by molar-refractivity contribution is -0.0709. The number of rotatable bonds is 1. The summed E-state index contributed by atoms with van der Waals surface area (Å²) in [6.45, 7) is 3.62. The molecule has 0 radical (unpaired) electrons. The average Bonchev–Trinajstić information content (AvgIpc) is 2.68. The van der Waals surface area contributed by atoms with Gasteiger partial charge in [-0.3, -0.25) is 0 Å². The Morgan fingerprint density at radius 3 is 2.63 bits per heavy atom. The van der Waals surface area contributed by atoms with Crippen molar-refractivity contribution < 1.29 is 13.9 Å². The number of hydrogen-bond donors (Lipinski definition) is 0. The highest BCUT2D eigenvalue weighted by molar-refractivity contribution is 6.30. The number of ether oxygens (including phenoxy) is 2. The maximum atomic E-state index is 14.0. The van der Waals surface area contributed by atoms with Crippen molar-refractivity contribution in [3.8, 4) is 11.5 Å². The van der Waals surface area contributed by atoms with Crippen LogP contribution < -0.4 is 9.47 Å². The van der Waals surface area contributed by atoms with Gasteiger partial charge in [-0.25, -0.2) is 4.39 Å². The lowest BCUT2D eigenvalue weighted by atomic mass is 10.1. The highest BCUT2D eigenvalue weighted by Crippen LogP contribution is 2.46. The highest BCUT2D eigenvalue weighted by Gasteiger charge is 2.41. The summed E-state index contributed by atoms with van der Waals surface area (Å²) in [5.41, 5.74) is 1.28. The van der Waals surface area contributed by atoms with Gasteiger partial charge in [-0.1, -0.05) is 23.7 Å². The number of fused-ring (bicyclic) bond motifs is 1. The molecule has 0 bridgehead atoms. The second-order valence-corrected chi connectivity index (χ2v) is 5.11. The summed E-state index contributed by atoms with van der Waals surface area (Å²) in [7, 11) is 0. The molecule has 2 aromatic carbocycles. The lowest BCUT2D eigenvalue weighted by Gasteiger charge is -2.24. The summed E-state index contributed by atoms with van der Waals surface area (Å²) in [6.07, 6.45) is 0. The van der Waals surface area contributed by atoms with E-state index in [0.29, 0.717) is 22.1 Å². The minimum atomic E-state index is -1.16. The first kappa shape index (κ1) is 12.3. The van der Waals surface area contributed by atoms with Gasteiger partial charge >= 0.3 is 0 Å². The van der Waals surface area contributed by atoms with Crippen molar-refractivity contribution in [3.63, 3.8) is 0 Å². The topological polar surface area (TPSA) is 18.5 Å². The van der Waals surface area contributed by atoms with E-state index in [1.54, 1.807) is 25.1 Å². The third-order valence-corrected chi connectivity index (χ3v) is 3.43. The molecule has 2 aromatic rings. The van der Waals surface area contributed by atoms with Gasteiger partial charge in [-0.05, 0) is 36.8 Å². The van der Waals surface area contributed by atoms with Gasteiger partial charge in [0.2, 0.25) is 0 Å². The molecule has 0 spiro atoms. The predicted molar refractivity (Wildman–Crippen MR) is 71.2 cm³/mol. The fraction of sp³-hybridized carbons (Fsp3) is 0.200. The number of hydrogen-bond acceptors (Lipinski definition) is 2. The van der Waals surface area contributed by atoms with Crippen LogP contribution in [0.2, 0.25) is 5.02 Å². The first-order valence-corrected chi connectivity index (χ1v) is 6.30. The monoisotopic (exact) mass is 278 g/mol. The Labute approximate surface area is 115 Å². The largest absolute Gasteiger partial charge is 0.444 e. The molecule has 1 unspecified atom stereocenters. The van der Waals surface area contributed by atoms with E-state index in [4.69, 9.17) is 21.1 Å². The molecule has 0 N–H and O–H groups in total. The number of aryl methyl sites for hydroxylation is 1. The van der Waals surface area contributed by atoms with E-state index in [9.17, 15) is 4.39 Å². The molecule has 0 aromatic heterocycles. The summed E-state index contributed by atoms with van der Waals surface area (Å²) < 4.78 is 25.6. The molecule has 98 valence electrons. The molecule has 0 saturated carbocycles. The molecule has 1 atom stereocenters. The van der Waals surface area contributed by atoms with Crippen molar-refractivity contribution in [1.82, 2.24) is 0 Å². The Bertz CT molecular complexity index is 657. The molecule has 0 amide bonds. The summed E-state index contributed by atoms with van der Waals surface area (Å²) in [5.74, 6) is -0.333. The smallest absolute Gasteiger partial charge is 0.278 e. The van der Waals surface area contributed by atoms with E-state index in [1.807, 2.05) is 19.1 Å². The molecule has 1 aliphatic heterocycles. The van der Waals surface area contributed by atoms with Crippen molar-refractivity contribution in [2.75, 3.05) is 0 Å². The normalized spacial score (nSPS) is 20.6. The fourth-order valence-electron chi connectivity index (χ4n) is 2.23. The van der Waals surface area contributed by atoms with Gasteiger partial charge in [-0.15, -0.1) is 0 Å². The van der Waals surface area contributed by atoms with Crippen molar-refractivity contribution >= 4 is 11.6 Å². The van der Waals surface area contributed by atoms with Gasteiger partial charge in [0.1, 0.15) is 5.82 Å². The number of benzene rings is 2. The number of halogens is 2. The third-order valence-electron chi connectivity index (χ3n) is 3.20. The second kappa shape index (κ2) is 4.14. The summed E-state index contributed by atoms with van der Waals surface area (Å²) in [5, 5.41) is 0.344. The van der Waals surface area contributed by atoms with E-state index in [1.165, 1.54) is 6.07 Å². The van der Waals surface area contributed by atoms with Crippen LogP contribution in [0.3, 0.4) is 0 Å². The van der Waals surface area contributed by atoms with Gasteiger partial charge in [0.05, 0.1) is 5.56 Å². The Morgan fingerprint density at radius 1 is 1.16 bits per heavy atom. The Morgan fingerprint density at radius 2 is 1.95 bits per heavy atom. The highest BCUT2D eigenvalue weighted by atomic mass is 35.5. The quantitative estimate of drug-likeness (QED) is 0.768. The Balaban J connectivity index is 2.06. The van der Waals surface area contributed by atoms with Gasteiger partial charge in [-0.2, -0.15) is 0 Å². The molecular formula is C15H12ClFO2. The van der Waals surface area contributed by atoms with Gasteiger partial charge in [0.15, 0.2) is 11.5 Å². The van der Waals surface area contributed by atoms with Gasteiger partial charge in [0.25, 0.3) is 5.79 Å². The zero-order valence-electron chi connectivity index (χ0n) is 10.5. The first-order valence-electron chi connectivity index (χ1n) is 5.93. The first-order chi connectivity index (χ1) is 8.99. The van der Waals surface area contributed by atoms with Gasteiger partial charge in [0, 0.05) is 11.9 Å². The van der Waals surface area contributed by atoms with Gasteiger partial charge < -0.3 is 9.47 Å². The molecule has 0 fully saturated rings. The van der Waals surface area contributed by atoms with E-state index in [0.717, 1.165) is 5.56 Å². The summed E-state index contributed by atoms with van der Waals surface area (Å²) in [4.78, 5) is 0. The van der Waals surface area contributed by atoms with Crippen LogP contribution in [-0.2, 0) is 5.79 Å². The fourth-order valence-corrected chi connectivity index (χ4v) is 2.39. The van der Waals surface area contributed by atoms with Crippen LogP contribution in [0.5, 0.6) is 11.5 Å². The Hall–Kier alpha value is -1.74. The van der Waals surface area contributed by atoms with E-state index >= 15 is 0 Å². The van der Waals surface area contributed by atoms with Crippen LogP contribution in [0.4, 0.5) is 4.39 Å². The van der Waals surface area contributed by atoms with E-state index in [2.05, 4.69) is 0 Å². The Kier molecular flexibility index (Phi) is 2.68. The maximum Gasteiger partial charge on any atom is 0.278 e. The van der Waals surface area contributed by atoms with Crippen LogP contribution in [0.1, 0.15) is 18.1 Å². The van der Waals surface area contributed by atoms with Crippen LogP contribution in [0.25, 0.3) is 0 Å². The molecule has 3 rings (SSSR count). The van der Waals surface area contributed by atoms with Crippen molar-refractivity contribution in [3.05, 3.63) is 58.4 Å². The van der Waals surface area contributed by atoms with Crippen molar-refractivity contribution in [1.29, 1.82) is 0 Å². The lowest BCUT2D eigenvalue weighted by Crippen LogP contribution is -2.32. The minimum absolute atomic E-state index is 0.326. The molecular weight excluding hydrogens is 267 g/mol. The van der Waals surface area contributed by atoms with Crippen molar-refractivity contribution in [2.45, 2.75) is 19.6 Å². The zero-order chi connectivity index (χ0) is 13.6. The molecule has 1 aliphatic rings. The standard InChI is InChI=1S/C15H12ClFO2/c1-9-4-3-5-13-14(9)19-15(2,18-13)11-7-6-10(16)8-12(11)17/h3-8H,1-2H3. The molecule has 2 nitrogen and oxygen atoms in total. The van der Waals surface area contributed by atoms with Crippen LogP contribution in [0.15, 0.2) is 36.4 Å². The zero-order valence-corrected chi connectivity index (χ0v) is 11.3. The molecule has 1 heterocycles. The van der Waals surface area contributed by atoms with E-state index < -0.39 is 11.6 Å². The molecule has 0 aliphatic carbocycles.